The summed E-state index contributed by atoms with van der Waals surface area (Å²) in [5.74, 6) is 0.890. The minimum atomic E-state index is 0.0863. The Balaban J connectivity index is 1.88. The second kappa shape index (κ2) is 6.70. The molecule has 19 heavy (non-hydrogen) atoms. The van der Waals surface area contributed by atoms with Crippen molar-refractivity contribution in [3.05, 3.63) is 52.2 Å². The molecule has 0 fully saturated rings. The highest BCUT2D eigenvalue weighted by molar-refractivity contribution is 7.10. The van der Waals surface area contributed by atoms with Crippen molar-refractivity contribution in [1.82, 2.24) is 4.90 Å². The molecule has 0 amide bonds. The SMILES string of the molecule is COc1ccc(CN(C)CC(N)c2cccs2)cc1. The predicted molar refractivity (Wildman–Crippen MR) is 80.6 cm³/mol. The summed E-state index contributed by atoms with van der Waals surface area (Å²) in [5.41, 5.74) is 7.45. The molecule has 0 saturated carbocycles. The predicted octanol–water partition coefficient (Wildman–Crippen LogP) is 2.89. The Morgan fingerprint density at radius 1 is 1.26 bits per heavy atom. The van der Waals surface area contributed by atoms with E-state index in [0.717, 1.165) is 18.8 Å². The maximum Gasteiger partial charge on any atom is 0.118 e. The molecule has 0 spiro atoms. The Morgan fingerprint density at radius 3 is 2.58 bits per heavy atom. The van der Waals surface area contributed by atoms with E-state index in [0.29, 0.717) is 0 Å². The number of thiophene rings is 1. The van der Waals surface area contributed by atoms with E-state index in [1.165, 1.54) is 10.4 Å². The number of likely N-dealkylation sites (N-methyl/N-ethyl adjacent to an activating group) is 1. The summed E-state index contributed by atoms with van der Waals surface area (Å²) < 4.78 is 5.16. The Hall–Kier alpha value is -1.36. The number of ether oxygens (including phenoxy) is 1. The molecule has 2 rings (SSSR count). The first-order chi connectivity index (χ1) is 9.19. The van der Waals surface area contributed by atoms with Crippen molar-refractivity contribution in [3.63, 3.8) is 0 Å². The third-order valence-electron chi connectivity index (χ3n) is 3.03. The molecule has 0 radical (unpaired) electrons. The van der Waals surface area contributed by atoms with Gasteiger partial charge in [0.15, 0.2) is 0 Å². The summed E-state index contributed by atoms with van der Waals surface area (Å²) in [5, 5.41) is 2.07. The number of benzene rings is 1. The Labute approximate surface area is 118 Å². The molecule has 1 heterocycles. The van der Waals surface area contributed by atoms with Gasteiger partial charge in [-0.05, 0) is 36.2 Å². The highest BCUT2D eigenvalue weighted by atomic mass is 32.1. The smallest absolute Gasteiger partial charge is 0.118 e. The molecule has 0 aliphatic carbocycles. The number of hydrogen-bond acceptors (Lipinski definition) is 4. The van der Waals surface area contributed by atoms with E-state index in [9.17, 15) is 0 Å². The molecule has 1 unspecified atom stereocenters. The number of nitrogens with two attached hydrogens (primary N) is 1. The number of hydrogen-bond donors (Lipinski definition) is 1. The van der Waals surface area contributed by atoms with E-state index in [2.05, 4.69) is 35.5 Å². The van der Waals surface area contributed by atoms with E-state index in [1.807, 2.05) is 18.2 Å². The lowest BCUT2D eigenvalue weighted by atomic mass is 10.2. The molecule has 0 bridgehead atoms. The lowest BCUT2D eigenvalue weighted by molar-refractivity contribution is 0.306. The highest BCUT2D eigenvalue weighted by Gasteiger charge is 2.10. The fourth-order valence-corrected chi connectivity index (χ4v) is 2.76. The van der Waals surface area contributed by atoms with Crippen LogP contribution < -0.4 is 10.5 Å². The van der Waals surface area contributed by atoms with Crippen molar-refractivity contribution >= 4 is 11.3 Å². The molecule has 1 atom stereocenters. The summed E-state index contributed by atoms with van der Waals surface area (Å²) in [4.78, 5) is 3.48. The first-order valence-corrected chi connectivity index (χ1v) is 7.17. The van der Waals surface area contributed by atoms with Crippen molar-refractivity contribution in [1.29, 1.82) is 0 Å². The van der Waals surface area contributed by atoms with Gasteiger partial charge >= 0.3 is 0 Å². The first-order valence-electron chi connectivity index (χ1n) is 6.29. The van der Waals surface area contributed by atoms with Crippen LogP contribution in [0.4, 0.5) is 0 Å². The molecule has 1 aromatic carbocycles. The van der Waals surface area contributed by atoms with Gasteiger partial charge in [0.25, 0.3) is 0 Å². The van der Waals surface area contributed by atoms with Gasteiger partial charge in [-0.1, -0.05) is 18.2 Å². The van der Waals surface area contributed by atoms with Gasteiger partial charge < -0.3 is 15.4 Å². The quantitative estimate of drug-likeness (QED) is 0.881. The van der Waals surface area contributed by atoms with Crippen molar-refractivity contribution < 1.29 is 4.74 Å². The van der Waals surface area contributed by atoms with Crippen molar-refractivity contribution in [2.45, 2.75) is 12.6 Å². The van der Waals surface area contributed by atoms with Gasteiger partial charge in [0.2, 0.25) is 0 Å². The molecule has 0 saturated heterocycles. The zero-order valence-electron chi connectivity index (χ0n) is 11.4. The Kier molecular flexibility index (Phi) is 4.96. The minimum Gasteiger partial charge on any atom is -0.497 e. The molecule has 0 aliphatic rings. The third-order valence-corrected chi connectivity index (χ3v) is 4.03. The molecular weight excluding hydrogens is 256 g/mol. The van der Waals surface area contributed by atoms with Crippen LogP contribution in [0.1, 0.15) is 16.5 Å². The average Bonchev–Trinajstić information content (AvgIpc) is 2.93. The summed E-state index contributed by atoms with van der Waals surface area (Å²) in [6.07, 6.45) is 0. The zero-order valence-corrected chi connectivity index (χ0v) is 12.2. The van der Waals surface area contributed by atoms with Crippen LogP contribution in [-0.4, -0.2) is 25.6 Å². The normalized spacial score (nSPS) is 12.6. The van der Waals surface area contributed by atoms with Crippen LogP contribution in [0.3, 0.4) is 0 Å². The first kappa shape index (κ1) is 14.1. The van der Waals surface area contributed by atoms with Gasteiger partial charge in [0.05, 0.1) is 13.2 Å². The Morgan fingerprint density at radius 2 is 2.00 bits per heavy atom. The maximum atomic E-state index is 6.19. The van der Waals surface area contributed by atoms with Crippen LogP contribution in [0.5, 0.6) is 5.75 Å². The molecule has 4 heteroatoms. The molecule has 0 aliphatic heterocycles. The monoisotopic (exact) mass is 276 g/mol. The van der Waals surface area contributed by atoms with E-state index < -0.39 is 0 Å². The summed E-state index contributed by atoms with van der Waals surface area (Å²) in [6, 6.07) is 12.4. The second-order valence-electron chi connectivity index (χ2n) is 4.67. The van der Waals surface area contributed by atoms with Crippen molar-refractivity contribution in [3.8, 4) is 5.75 Å². The third kappa shape index (κ3) is 4.06. The minimum absolute atomic E-state index is 0.0863. The van der Waals surface area contributed by atoms with Crippen LogP contribution in [0, 0.1) is 0 Å². The van der Waals surface area contributed by atoms with Crippen LogP contribution in [0.2, 0.25) is 0 Å². The summed E-state index contributed by atoms with van der Waals surface area (Å²) >= 11 is 1.72. The fraction of sp³-hybridized carbons (Fsp3) is 0.333. The largest absolute Gasteiger partial charge is 0.497 e. The molecule has 1 aromatic heterocycles. The van der Waals surface area contributed by atoms with Crippen molar-refractivity contribution in [2.75, 3.05) is 20.7 Å². The second-order valence-corrected chi connectivity index (χ2v) is 5.65. The number of nitrogens with zero attached hydrogens (tertiary/aromatic N) is 1. The molecule has 2 aromatic rings. The Bertz CT molecular complexity index is 481. The van der Waals surface area contributed by atoms with Gasteiger partial charge in [0, 0.05) is 18.0 Å². The summed E-state index contributed by atoms with van der Waals surface area (Å²) in [7, 11) is 3.78. The van der Waals surface area contributed by atoms with E-state index in [1.54, 1.807) is 18.4 Å². The average molecular weight is 276 g/mol. The number of methoxy groups -OCH3 is 1. The lowest BCUT2D eigenvalue weighted by Gasteiger charge is -2.20. The highest BCUT2D eigenvalue weighted by Crippen LogP contribution is 2.18. The van der Waals surface area contributed by atoms with E-state index >= 15 is 0 Å². The summed E-state index contributed by atoms with van der Waals surface area (Å²) in [6.45, 7) is 1.75. The van der Waals surface area contributed by atoms with Gasteiger partial charge in [-0.25, -0.2) is 0 Å². The van der Waals surface area contributed by atoms with Gasteiger partial charge in [-0.15, -0.1) is 11.3 Å². The van der Waals surface area contributed by atoms with Crippen LogP contribution >= 0.6 is 11.3 Å². The maximum absolute atomic E-state index is 6.19. The van der Waals surface area contributed by atoms with Crippen LogP contribution in [0.25, 0.3) is 0 Å². The lowest BCUT2D eigenvalue weighted by Crippen LogP contribution is -2.28. The standard InChI is InChI=1S/C15H20N2OS/c1-17(11-14(16)15-4-3-9-19-15)10-12-5-7-13(18-2)8-6-12/h3-9,14H,10-11,16H2,1-2H3. The van der Waals surface area contributed by atoms with E-state index in [-0.39, 0.29) is 6.04 Å². The fourth-order valence-electron chi connectivity index (χ4n) is 2.04. The molecule has 102 valence electrons. The molecule has 2 N–H and O–H groups in total. The van der Waals surface area contributed by atoms with Crippen LogP contribution in [0.15, 0.2) is 41.8 Å². The van der Waals surface area contributed by atoms with Gasteiger partial charge in [0.1, 0.15) is 5.75 Å². The van der Waals surface area contributed by atoms with Gasteiger partial charge in [-0.3, -0.25) is 0 Å². The number of rotatable bonds is 6. The molecule has 3 nitrogen and oxygen atoms in total. The van der Waals surface area contributed by atoms with Crippen LogP contribution in [-0.2, 0) is 6.54 Å². The zero-order chi connectivity index (χ0) is 13.7. The molecular formula is C15H20N2OS. The van der Waals surface area contributed by atoms with Gasteiger partial charge in [-0.2, -0.15) is 0 Å². The van der Waals surface area contributed by atoms with Crippen molar-refractivity contribution in [2.24, 2.45) is 5.73 Å². The van der Waals surface area contributed by atoms with E-state index in [4.69, 9.17) is 10.5 Å². The topological polar surface area (TPSA) is 38.5 Å².